The Labute approximate surface area is 138 Å². The van der Waals surface area contributed by atoms with Crippen LogP contribution in [-0.4, -0.2) is 11.1 Å². The van der Waals surface area contributed by atoms with Crippen molar-refractivity contribution < 1.29 is 9.90 Å². The van der Waals surface area contributed by atoms with Crippen LogP contribution in [0.1, 0.15) is 20.1 Å². The second-order valence-corrected chi connectivity index (χ2v) is 8.12. The molecule has 0 aliphatic carbocycles. The van der Waals surface area contributed by atoms with E-state index in [-0.39, 0.29) is 0 Å². The molecule has 3 aromatic rings. The molecule has 108 valence electrons. The summed E-state index contributed by atoms with van der Waals surface area (Å²) in [5, 5.41) is 13.7. The van der Waals surface area contributed by atoms with Crippen molar-refractivity contribution in [3.63, 3.8) is 0 Å². The lowest BCUT2D eigenvalue weighted by Crippen LogP contribution is -2.13. The predicted octanol–water partition coefficient (Wildman–Crippen LogP) is 4.71. The van der Waals surface area contributed by atoms with Crippen LogP contribution in [0.25, 0.3) is 10.1 Å². The molecule has 0 saturated carbocycles. The van der Waals surface area contributed by atoms with Gasteiger partial charge in [0.25, 0.3) is 0 Å². The summed E-state index contributed by atoms with van der Waals surface area (Å²) in [6.45, 7) is 1.29. The zero-order valence-corrected chi connectivity index (χ0v) is 14.1. The number of thiophene rings is 2. The second kappa shape index (κ2) is 6.27. The molecule has 2 heterocycles. The van der Waals surface area contributed by atoms with Gasteiger partial charge in [0.1, 0.15) is 4.88 Å². The summed E-state index contributed by atoms with van der Waals surface area (Å²) in [7, 11) is 0. The van der Waals surface area contributed by atoms with Crippen molar-refractivity contribution in [2.75, 3.05) is 0 Å². The Morgan fingerprint density at radius 2 is 1.95 bits per heavy atom. The van der Waals surface area contributed by atoms with Gasteiger partial charge >= 0.3 is 5.97 Å². The zero-order chi connectivity index (χ0) is 14.8. The Kier molecular flexibility index (Phi) is 4.40. The molecular weight excluding hydrogens is 370 g/mol. The Bertz CT molecular complexity index is 794. The van der Waals surface area contributed by atoms with E-state index >= 15 is 0 Å². The van der Waals surface area contributed by atoms with E-state index in [4.69, 9.17) is 0 Å². The first kappa shape index (κ1) is 14.7. The highest BCUT2D eigenvalue weighted by Crippen LogP contribution is 2.31. The van der Waals surface area contributed by atoms with Gasteiger partial charge < -0.3 is 10.4 Å². The summed E-state index contributed by atoms with van der Waals surface area (Å²) in [6.07, 6.45) is 0. The molecule has 0 aliphatic rings. The van der Waals surface area contributed by atoms with Crippen molar-refractivity contribution in [1.29, 1.82) is 0 Å². The first-order valence-electron chi connectivity index (χ1n) is 6.34. The number of carboxylic acid groups (broad SMARTS) is 1. The SMILES string of the molecule is O=C(O)c1sc2ccccc2c1CNCc1ccc(Br)s1. The molecule has 0 radical (unpaired) electrons. The van der Waals surface area contributed by atoms with Crippen LogP contribution in [0.2, 0.25) is 0 Å². The molecule has 2 N–H and O–H groups in total. The summed E-state index contributed by atoms with van der Waals surface area (Å²) in [5.41, 5.74) is 0.874. The van der Waals surface area contributed by atoms with Crippen molar-refractivity contribution in [2.24, 2.45) is 0 Å². The fraction of sp³-hybridized carbons (Fsp3) is 0.133. The average Bonchev–Trinajstić information content (AvgIpc) is 3.03. The number of carbonyl (C=O) groups is 1. The second-order valence-electron chi connectivity index (χ2n) is 4.52. The van der Waals surface area contributed by atoms with E-state index in [9.17, 15) is 9.90 Å². The van der Waals surface area contributed by atoms with Crippen LogP contribution in [0.4, 0.5) is 0 Å². The summed E-state index contributed by atoms with van der Waals surface area (Å²) < 4.78 is 2.12. The molecule has 21 heavy (non-hydrogen) atoms. The summed E-state index contributed by atoms with van der Waals surface area (Å²) in [6, 6.07) is 11.9. The number of hydrogen-bond acceptors (Lipinski definition) is 4. The number of carboxylic acids is 1. The van der Waals surface area contributed by atoms with Crippen molar-refractivity contribution in [1.82, 2.24) is 5.32 Å². The molecule has 3 nitrogen and oxygen atoms in total. The van der Waals surface area contributed by atoms with Crippen molar-refractivity contribution in [3.8, 4) is 0 Å². The monoisotopic (exact) mass is 381 g/mol. The molecule has 0 bridgehead atoms. The molecule has 2 aromatic heterocycles. The van der Waals surface area contributed by atoms with Crippen LogP contribution in [0, 0.1) is 0 Å². The number of halogens is 1. The van der Waals surface area contributed by atoms with E-state index in [1.165, 1.54) is 16.2 Å². The normalized spacial score (nSPS) is 11.1. The molecule has 0 fully saturated rings. The number of hydrogen-bond donors (Lipinski definition) is 2. The van der Waals surface area contributed by atoms with Crippen molar-refractivity contribution in [2.45, 2.75) is 13.1 Å². The largest absolute Gasteiger partial charge is 0.477 e. The van der Waals surface area contributed by atoms with E-state index in [1.807, 2.05) is 30.3 Å². The predicted molar refractivity (Wildman–Crippen MR) is 91.3 cm³/mol. The van der Waals surface area contributed by atoms with Crippen LogP contribution in [0.5, 0.6) is 0 Å². The quantitative estimate of drug-likeness (QED) is 0.672. The van der Waals surface area contributed by atoms with E-state index in [1.54, 1.807) is 11.3 Å². The summed E-state index contributed by atoms with van der Waals surface area (Å²) in [4.78, 5) is 13.1. The Morgan fingerprint density at radius 3 is 2.67 bits per heavy atom. The van der Waals surface area contributed by atoms with Gasteiger partial charge in [-0.1, -0.05) is 18.2 Å². The molecule has 0 spiro atoms. The first-order chi connectivity index (χ1) is 10.1. The molecular formula is C15H12BrNO2S2. The van der Waals surface area contributed by atoms with Gasteiger partial charge in [-0.15, -0.1) is 22.7 Å². The highest BCUT2D eigenvalue weighted by Gasteiger charge is 2.16. The fourth-order valence-electron chi connectivity index (χ4n) is 2.20. The molecule has 1 aromatic carbocycles. The number of benzene rings is 1. The van der Waals surface area contributed by atoms with Crippen LogP contribution in [0.3, 0.4) is 0 Å². The van der Waals surface area contributed by atoms with E-state index in [0.717, 1.165) is 26.0 Å². The lowest BCUT2D eigenvalue weighted by Gasteiger charge is -2.04. The minimum Gasteiger partial charge on any atom is -0.477 e. The maximum absolute atomic E-state index is 11.4. The highest BCUT2D eigenvalue weighted by atomic mass is 79.9. The minimum absolute atomic E-state index is 0.427. The maximum atomic E-state index is 11.4. The third-order valence-electron chi connectivity index (χ3n) is 3.12. The van der Waals surface area contributed by atoms with Crippen LogP contribution in [-0.2, 0) is 13.1 Å². The number of rotatable bonds is 5. The van der Waals surface area contributed by atoms with Crippen molar-refractivity contribution >= 4 is 54.7 Å². The van der Waals surface area contributed by atoms with Crippen molar-refractivity contribution in [3.05, 3.63) is 55.5 Å². The lowest BCUT2D eigenvalue weighted by atomic mass is 10.1. The standard InChI is InChI=1S/C15H12BrNO2S2/c16-13-6-5-9(20-13)7-17-8-11-10-3-1-2-4-12(10)21-14(11)15(18)19/h1-6,17H,7-8H2,(H,18,19). The molecule has 0 aliphatic heterocycles. The van der Waals surface area contributed by atoms with Crippen LogP contribution < -0.4 is 5.32 Å². The minimum atomic E-state index is -0.855. The van der Waals surface area contributed by atoms with Gasteiger partial charge in [-0.2, -0.15) is 0 Å². The number of aromatic carboxylic acids is 1. The molecule has 0 amide bonds. The zero-order valence-electron chi connectivity index (χ0n) is 10.9. The van der Waals surface area contributed by atoms with E-state index in [0.29, 0.717) is 11.4 Å². The third-order valence-corrected chi connectivity index (χ3v) is 5.95. The lowest BCUT2D eigenvalue weighted by molar-refractivity contribution is 0.0701. The topological polar surface area (TPSA) is 49.3 Å². The maximum Gasteiger partial charge on any atom is 0.346 e. The molecule has 0 unspecified atom stereocenters. The van der Waals surface area contributed by atoms with Gasteiger partial charge in [-0.05, 0) is 45.1 Å². The number of fused-ring (bicyclic) bond motifs is 1. The van der Waals surface area contributed by atoms with Crippen LogP contribution >= 0.6 is 38.6 Å². The average molecular weight is 382 g/mol. The van der Waals surface area contributed by atoms with E-state index in [2.05, 4.69) is 27.3 Å². The van der Waals surface area contributed by atoms with Gasteiger partial charge in [-0.3, -0.25) is 0 Å². The number of nitrogens with one attached hydrogen (secondary N) is 1. The molecule has 3 rings (SSSR count). The van der Waals surface area contributed by atoms with Gasteiger partial charge in [-0.25, -0.2) is 4.79 Å². The van der Waals surface area contributed by atoms with Crippen LogP contribution in [0.15, 0.2) is 40.2 Å². The van der Waals surface area contributed by atoms with Gasteiger partial charge in [0.05, 0.1) is 3.79 Å². The Morgan fingerprint density at radius 1 is 1.14 bits per heavy atom. The van der Waals surface area contributed by atoms with Gasteiger partial charge in [0.2, 0.25) is 0 Å². The third kappa shape index (κ3) is 3.18. The molecule has 6 heteroatoms. The molecule has 0 atom stereocenters. The first-order valence-corrected chi connectivity index (χ1v) is 8.76. The highest BCUT2D eigenvalue weighted by molar-refractivity contribution is 9.11. The smallest absolute Gasteiger partial charge is 0.346 e. The fourth-order valence-corrected chi connectivity index (χ4v) is 4.72. The summed E-state index contributed by atoms with van der Waals surface area (Å²) in [5.74, 6) is -0.855. The summed E-state index contributed by atoms with van der Waals surface area (Å²) >= 11 is 6.46. The van der Waals surface area contributed by atoms with Gasteiger partial charge in [0, 0.05) is 22.7 Å². The van der Waals surface area contributed by atoms with E-state index < -0.39 is 5.97 Å². The molecule has 0 saturated heterocycles. The van der Waals surface area contributed by atoms with Gasteiger partial charge in [0.15, 0.2) is 0 Å². The Balaban J connectivity index is 1.82. The Hall–Kier alpha value is -1.21.